The van der Waals surface area contributed by atoms with Crippen molar-refractivity contribution in [2.45, 2.75) is 51.5 Å². The van der Waals surface area contributed by atoms with Crippen molar-refractivity contribution >= 4 is 0 Å². The fraction of sp³-hybridized carbons (Fsp3) is 0.727. The molecule has 1 atom stereocenters. The van der Waals surface area contributed by atoms with Crippen LogP contribution in [-0.2, 0) is 0 Å². The Morgan fingerprint density at radius 3 is 2.50 bits per heavy atom. The molecule has 2 rings (SSSR count). The standard InChI is InChI=1S/C22H39N3O/c1-4-9-22(23-14-18-24(2)3)20-10-12-21(13-11-20)26-19-8-17-25-15-6-5-7-16-25/h10-13,22-23H,4-9,14-19H2,1-3H3. The third-order valence-corrected chi connectivity index (χ3v) is 5.15. The number of hydrogen-bond donors (Lipinski definition) is 1. The SMILES string of the molecule is CCCC(NCCN(C)C)c1ccc(OCCCN2CCCCC2)cc1. The molecule has 148 valence electrons. The Balaban J connectivity index is 1.72. The maximum atomic E-state index is 5.95. The van der Waals surface area contributed by atoms with Crippen molar-refractivity contribution in [1.82, 2.24) is 15.1 Å². The molecule has 1 aromatic carbocycles. The Morgan fingerprint density at radius 1 is 1.12 bits per heavy atom. The average molecular weight is 362 g/mol. The molecule has 1 saturated heterocycles. The number of ether oxygens (including phenoxy) is 1. The molecule has 1 N–H and O–H groups in total. The van der Waals surface area contributed by atoms with Gasteiger partial charge in [-0.15, -0.1) is 0 Å². The van der Waals surface area contributed by atoms with Gasteiger partial charge in [0.1, 0.15) is 5.75 Å². The molecule has 0 spiro atoms. The minimum Gasteiger partial charge on any atom is -0.494 e. The van der Waals surface area contributed by atoms with Crippen LogP contribution in [0.5, 0.6) is 5.75 Å². The molecule has 1 aliphatic rings. The van der Waals surface area contributed by atoms with Crippen LogP contribution in [0.1, 0.15) is 57.1 Å². The van der Waals surface area contributed by atoms with Gasteiger partial charge in [0, 0.05) is 25.7 Å². The first kappa shape index (κ1) is 21.2. The molecule has 26 heavy (non-hydrogen) atoms. The van der Waals surface area contributed by atoms with Crippen molar-refractivity contribution in [3.05, 3.63) is 29.8 Å². The quantitative estimate of drug-likeness (QED) is 0.571. The lowest BCUT2D eigenvalue weighted by Crippen LogP contribution is -2.31. The predicted octanol–water partition coefficient (Wildman–Crippen LogP) is 3.93. The Kier molecular flexibility index (Phi) is 10.0. The second-order valence-electron chi connectivity index (χ2n) is 7.77. The predicted molar refractivity (Wildman–Crippen MR) is 111 cm³/mol. The van der Waals surface area contributed by atoms with Gasteiger partial charge in [-0.05, 0) is 70.6 Å². The van der Waals surface area contributed by atoms with Gasteiger partial charge in [-0.3, -0.25) is 0 Å². The summed E-state index contributed by atoms with van der Waals surface area (Å²) in [5.41, 5.74) is 1.37. The van der Waals surface area contributed by atoms with Gasteiger partial charge in [0.2, 0.25) is 0 Å². The molecular weight excluding hydrogens is 322 g/mol. The average Bonchev–Trinajstić information content (AvgIpc) is 2.66. The van der Waals surface area contributed by atoms with Gasteiger partial charge in [0.05, 0.1) is 6.61 Å². The Labute approximate surface area is 160 Å². The molecule has 1 unspecified atom stereocenters. The van der Waals surface area contributed by atoms with Gasteiger partial charge in [-0.25, -0.2) is 0 Å². The third-order valence-electron chi connectivity index (χ3n) is 5.15. The Bertz CT molecular complexity index is 469. The summed E-state index contributed by atoms with van der Waals surface area (Å²) in [6.45, 7) is 8.87. The molecule has 0 saturated carbocycles. The van der Waals surface area contributed by atoms with E-state index in [1.165, 1.54) is 57.3 Å². The van der Waals surface area contributed by atoms with Crippen LogP contribution in [0.4, 0.5) is 0 Å². The summed E-state index contributed by atoms with van der Waals surface area (Å²) in [6.07, 6.45) is 7.61. The van der Waals surface area contributed by atoms with Gasteiger partial charge in [-0.2, -0.15) is 0 Å². The maximum Gasteiger partial charge on any atom is 0.119 e. The van der Waals surface area contributed by atoms with Crippen LogP contribution in [0.25, 0.3) is 0 Å². The molecule has 0 aromatic heterocycles. The Hall–Kier alpha value is -1.10. The molecule has 0 aliphatic carbocycles. The molecule has 1 aliphatic heterocycles. The van der Waals surface area contributed by atoms with E-state index in [1.807, 2.05) is 0 Å². The fourth-order valence-corrected chi connectivity index (χ4v) is 3.60. The zero-order valence-electron chi connectivity index (χ0n) is 17.2. The third kappa shape index (κ3) is 8.07. The number of benzene rings is 1. The van der Waals surface area contributed by atoms with Crippen molar-refractivity contribution in [1.29, 1.82) is 0 Å². The lowest BCUT2D eigenvalue weighted by Gasteiger charge is -2.26. The van der Waals surface area contributed by atoms with Crippen molar-refractivity contribution < 1.29 is 4.74 Å². The zero-order chi connectivity index (χ0) is 18.6. The smallest absolute Gasteiger partial charge is 0.119 e. The topological polar surface area (TPSA) is 27.7 Å². The van der Waals surface area contributed by atoms with Crippen LogP contribution >= 0.6 is 0 Å². The van der Waals surface area contributed by atoms with Crippen LogP contribution in [0.15, 0.2) is 24.3 Å². The maximum absolute atomic E-state index is 5.95. The monoisotopic (exact) mass is 361 g/mol. The van der Waals surface area contributed by atoms with Gasteiger partial charge in [-0.1, -0.05) is 31.9 Å². The fourth-order valence-electron chi connectivity index (χ4n) is 3.60. The number of hydrogen-bond acceptors (Lipinski definition) is 4. The van der Waals surface area contributed by atoms with E-state index in [1.54, 1.807) is 0 Å². The van der Waals surface area contributed by atoms with Crippen molar-refractivity contribution in [3.63, 3.8) is 0 Å². The second kappa shape index (κ2) is 12.3. The van der Waals surface area contributed by atoms with Crippen LogP contribution in [0, 0.1) is 0 Å². The van der Waals surface area contributed by atoms with Crippen molar-refractivity contribution in [3.8, 4) is 5.75 Å². The van der Waals surface area contributed by atoms with E-state index in [0.29, 0.717) is 6.04 Å². The minimum absolute atomic E-state index is 0.438. The van der Waals surface area contributed by atoms with Crippen LogP contribution in [0.2, 0.25) is 0 Å². The number of piperidine rings is 1. The largest absolute Gasteiger partial charge is 0.494 e. The van der Waals surface area contributed by atoms with Gasteiger partial charge in [0.15, 0.2) is 0 Å². The molecule has 0 amide bonds. The molecule has 1 heterocycles. The van der Waals surface area contributed by atoms with Crippen LogP contribution in [-0.4, -0.2) is 63.2 Å². The van der Waals surface area contributed by atoms with Crippen molar-refractivity contribution in [2.24, 2.45) is 0 Å². The lowest BCUT2D eigenvalue weighted by molar-refractivity contribution is 0.205. The van der Waals surface area contributed by atoms with E-state index in [0.717, 1.165) is 31.9 Å². The summed E-state index contributed by atoms with van der Waals surface area (Å²) < 4.78 is 5.95. The highest BCUT2D eigenvalue weighted by atomic mass is 16.5. The van der Waals surface area contributed by atoms with E-state index < -0.39 is 0 Å². The van der Waals surface area contributed by atoms with E-state index in [-0.39, 0.29) is 0 Å². The van der Waals surface area contributed by atoms with Crippen LogP contribution in [0.3, 0.4) is 0 Å². The second-order valence-corrected chi connectivity index (χ2v) is 7.77. The highest BCUT2D eigenvalue weighted by Crippen LogP contribution is 2.21. The normalized spacial score (nSPS) is 16.8. The van der Waals surface area contributed by atoms with E-state index in [4.69, 9.17) is 4.74 Å². The molecule has 0 radical (unpaired) electrons. The summed E-state index contributed by atoms with van der Waals surface area (Å²) in [7, 11) is 4.24. The number of likely N-dealkylation sites (N-methyl/N-ethyl adjacent to an activating group) is 1. The molecule has 0 bridgehead atoms. The minimum atomic E-state index is 0.438. The number of nitrogens with one attached hydrogen (secondary N) is 1. The summed E-state index contributed by atoms with van der Waals surface area (Å²) in [5.74, 6) is 0.996. The van der Waals surface area contributed by atoms with E-state index in [9.17, 15) is 0 Å². The first-order valence-electron chi connectivity index (χ1n) is 10.5. The number of likely N-dealkylation sites (tertiary alicyclic amines) is 1. The lowest BCUT2D eigenvalue weighted by atomic mass is 10.0. The van der Waals surface area contributed by atoms with Gasteiger partial charge in [0.25, 0.3) is 0 Å². The molecule has 1 fully saturated rings. The van der Waals surface area contributed by atoms with Gasteiger partial charge >= 0.3 is 0 Å². The molecular formula is C22H39N3O. The number of nitrogens with zero attached hydrogens (tertiary/aromatic N) is 2. The highest BCUT2D eigenvalue weighted by molar-refractivity contribution is 5.29. The molecule has 1 aromatic rings. The summed E-state index contributed by atoms with van der Waals surface area (Å²) in [5, 5.41) is 3.69. The first-order valence-corrected chi connectivity index (χ1v) is 10.5. The summed E-state index contributed by atoms with van der Waals surface area (Å²) in [4.78, 5) is 4.79. The van der Waals surface area contributed by atoms with E-state index in [2.05, 4.69) is 60.4 Å². The van der Waals surface area contributed by atoms with Crippen molar-refractivity contribution in [2.75, 3.05) is 53.4 Å². The summed E-state index contributed by atoms with van der Waals surface area (Å²) in [6, 6.07) is 9.15. The Morgan fingerprint density at radius 2 is 1.85 bits per heavy atom. The van der Waals surface area contributed by atoms with Gasteiger partial charge < -0.3 is 19.9 Å². The molecule has 4 heteroatoms. The number of rotatable bonds is 12. The molecule has 4 nitrogen and oxygen atoms in total. The van der Waals surface area contributed by atoms with Crippen LogP contribution < -0.4 is 10.1 Å². The summed E-state index contributed by atoms with van der Waals surface area (Å²) >= 11 is 0. The first-order chi connectivity index (χ1) is 12.7. The highest BCUT2D eigenvalue weighted by Gasteiger charge is 2.11. The zero-order valence-corrected chi connectivity index (χ0v) is 17.2. The van der Waals surface area contributed by atoms with E-state index >= 15 is 0 Å².